The molecule has 4 rings (SSSR count). The third-order valence-electron chi connectivity index (χ3n) is 6.18. The van der Waals surface area contributed by atoms with Gasteiger partial charge < -0.3 is 15.5 Å². The number of hydrogen-bond donors (Lipinski definition) is 1. The van der Waals surface area contributed by atoms with Crippen molar-refractivity contribution in [2.45, 2.75) is 31.6 Å². The first-order valence-electron chi connectivity index (χ1n) is 10.5. The van der Waals surface area contributed by atoms with Crippen molar-refractivity contribution in [2.75, 3.05) is 37.6 Å². The highest BCUT2D eigenvalue weighted by molar-refractivity contribution is 5.94. The molecule has 0 radical (unpaired) electrons. The normalized spacial score (nSPS) is 21.4. The Hall–Kier alpha value is -1.82. The predicted molar refractivity (Wildman–Crippen MR) is 127 cm³/mol. The van der Waals surface area contributed by atoms with E-state index in [1.54, 1.807) is 6.20 Å². The fourth-order valence-electron chi connectivity index (χ4n) is 4.54. The van der Waals surface area contributed by atoms with E-state index in [0.717, 1.165) is 25.5 Å². The zero-order chi connectivity index (χ0) is 19.3. The van der Waals surface area contributed by atoms with Crippen molar-refractivity contribution in [1.29, 1.82) is 0 Å². The maximum absolute atomic E-state index is 13.1. The SMILES string of the molecule is Cl.Cl.NC[C@@H]1CN(C(=O)c2ccc(N3CCCCCC3)nc2)C[C@H]1c1ccccc1. The Morgan fingerprint density at radius 3 is 2.27 bits per heavy atom. The van der Waals surface area contributed by atoms with Crippen LogP contribution >= 0.6 is 24.8 Å². The van der Waals surface area contributed by atoms with Crippen LogP contribution in [-0.4, -0.2) is 48.5 Å². The Balaban J connectivity index is 0.00000160. The second kappa shape index (κ2) is 11.5. The van der Waals surface area contributed by atoms with Crippen LogP contribution in [0.2, 0.25) is 0 Å². The predicted octanol–water partition coefficient (Wildman–Crippen LogP) is 4.12. The van der Waals surface area contributed by atoms with Crippen LogP contribution in [0.5, 0.6) is 0 Å². The second-order valence-electron chi connectivity index (χ2n) is 8.03. The maximum atomic E-state index is 13.1. The average Bonchev–Trinajstić information content (AvgIpc) is 3.00. The summed E-state index contributed by atoms with van der Waals surface area (Å²) < 4.78 is 0. The number of pyridine rings is 1. The van der Waals surface area contributed by atoms with E-state index in [2.05, 4.69) is 34.1 Å². The van der Waals surface area contributed by atoms with Crippen LogP contribution in [-0.2, 0) is 0 Å². The van der Waals surface area contributed by atoms with Gasteiger partial charge in [0.05, 0.1) is 5.56 Å². The first-order valence-corrected chi connectivity index (χ1v) is 10.5. The summed E-state index contributed by atoms with van der Waals surface area (Å²) in [4.78, 5) is 21.9. The van der Waals surface area contributed by atoms with E-state index in [0.29, 0.717) is 30.5 Å². The topological polar surface area (TPSA) is 62.5 Å². The maximum Gasteiger partial charge on any atom is 0.255 e. The minimum Gasteiger partial charge on any atom is -0.357 e. The van der Waals surface area contributed by atoms with Gasteiger partial charge in [0.2, 0.25) is 0 Å². The Morgan fingerprint density at radius 1 is 0.967 bits per heavy atom. The number of carbonyl (C=O) groups excluding carboxylic acids is 1. The van der Waals surface area contributed by atoms with Gasteiger partial charge in [-0.05, 0) is 43.0 Å². The molecule has 2 atom stereocenters. The molecule has 3 heterocycles. The molecule has 30 heavy (non-hydrogen) atoms. The second-order valence-corrected chi connectivity index (χ2v) is 8.03. The Kier molecular flexibility index (Phi) is 9.40. The molecule has 1 aromatic heterocycles. The Morgan fingerprint density at radius 2 is 1.67 bits per heavy atom. The lowest BCUT2D eigenvalue weighted by Crippen LogP contribution is -2.30. The number of nitrogens with two attached hydrogens (primary N) is 1. The number of carbonyl (C=O) groups is 1. The summed E-state index contributed by atoms with van der Waals surface area (Å²) in [6.45, 7) is 4.14. The van der Waals surface area contributed by atoms with Crippen molar-refractivity contribution in [3.05, 3.63) is 59.8 Å². The van der Waals surface area contributed by atoms with Crippen molar-refractivity contribution in [3.63, 3.8) is 0 Å². The Labute approximate surface area is 191 Å². The number of rotatable bonds is 4. The van der Waals surface area contributed by atoms with E-state index >= 15 is 0 Å². The molecule has 0 aliphatic carbocycles. The van der Waals surface area contributed by atoms with Crippen molar-refractivity contribution in [1.82, 2.24) is 9.88 Å². The van der Waals surface area contributed by atoms with E-state index in [9.17, 15) is 4.79 Å². The molecule has 1 aromatic carbocycles. The molecule has 2 saturated heterocycles. The molecule has 0 spiro atoms. The highest BCUT2D eigenvalue weighted by Gasteiger charge is 2.35. The van der Waals surface area contributed by atoms with Gasteiger partial charge in [0.15, 0.2) is 0 Å². The molecule has 1 amide bonds. The number of likely N-dealkylation sites (tertiary alicyclic amines) is 1. The quantitative estimate of drug-likeness (QED) is 0.760. The van der Waals surface area contributed by atoms with Gasteiger partial charge in [-0.25, -0.2) is 4.98 Å². The van der Waals surface area contributed by atoms with Gasteiger partial charge in [-0.15, -0.1) is 24.8 Å². The van der Waals surface area contributed by atoms with E-state index in [1.807, 2.05) is 23.1 Å². The lowest BCUT2D eigenvalue weighted by Gasteiger charge is -2.22. The summed E-state index contributed by atoms with van der Waals surface area (Å²) in [6.07, 6.45) is 6.78. The van der Waals surface area contributed by atoms with Crippen LogP contribution < -0.4 is 10.6 Å². The zero-order valence-corrected chi connectivity index (χ0v) is 18.9. The number of nitrogens with zero attached hydrogens (tertiary/aromatic N) is 3. The van der Waals surface area contributed by atoms with E-state index in [-0.39, 0.29) is 30.7 Å². The molecule has 164 valence electrons. The van der Waals surface area contributed by atoms with Crippen LogP contribution in [0.15, 0.2) is 48.7 Å². The molecule has 5 nitrogen and oxygen atoms in total. The summed E-state index contributed by atoms with van der Waals surface area (Å²) in [5.74, 6) is 1.66. The third kappa shape index (κ3) is 5.45. The number of hydrogen-bond acceptors (Lipinski definition) is 4. The van der Waals surface area contributed by atoms with Crippen molar-refractivity contribution in [3.8, 4) is 0 Å². The highest BCUT2D eigenvalue weighted by atomic mass is 35.5. The van der Waals surface area contributed by atoms with Crippen molar-refractivity contribution >= 4 is 36.5 Å². The van der Waals surface area contributed by atoms with Gasteiger partial charge in [0.1, 0.15) is 5.82 Å². The van der Waals surface area contributed by atoms with Crippen molar-refractivity contribution in [2.24, 2.45) is 11.7 Å². The van der Waals surface area contributed by atoms with E-state index in [1.165, 1.54) is 31.2 Å². The molecule has 7 heteroatoms. The summed E-state index contributed by atoms with van der Waals surface area (Å²) in [5.41, 5.74) is 7.96. The number of amides is 1. The van der Waals surface area contributed by atoms with Gasteiger partial charge in [0, 0.05) is 38.3 Å². The van der Waals surface area contributed by atoms with Crippen LogP contribution in [0.4, 0.5) is 5.82 Å². The number of aromatic nitrogens is 1. The van der Waals surface area contributed by atoms with Gasteiger partial charge in [-0.1, -0.05) is 43.2 Å². The fraction of sp³-hybridized carbons (Fsp3) is 0.478. The largest absolute Gasteiger partial charge is 0.357 e. The third-order valence-corrected chi connectivity index (χ3v) is 6.18. The molecule has 0 saturated carbocycles. The molecule has 2 aliphatic rings. The highest BCUT2D eigenvalue weighted by Crippen LogP contribution is 2.32. The molecule has 0 unspecified atom stereocenters. The van der Waals surface area contributed by atoms with Crippen LogP contribution in [0, 0.1) is 5.92 Å². The van der Waals surface area contributed by atoms with Crippen molar-refractivity contribution < 1.29 is 4.79 Å². The summed E-state index contributed by atoms with van der Waals surface area (Å²) in [7, 11) is 0. The monoisotopic (exact) mass is 450 g/mol. The molecule has 2 aromatic rings. The van der Waals surface area contributed by atoms with Gasteiger partial charge >= 0.3 is 0 Å². The van der Waals surface area contributed by atoms with Crippen LogP contribution in [0.25, 0.3) is 0 Å². The average molecular weight is 451 g/mol. The Bertz CT molecular complexity index is 780. The smallest absolute Gasteiger partial charge is 0.255 e. The van der Waals surface area contributed by atoms with E-state index in [4.69, 9.17) is 5.73 Å². The van der Waals surface area contributed by atoms with E-state index < -0.39 is 0 Å². The number of benzene rings is 1. The zero-order valence-electron chi connectivity index (χ0n) is 17.3. The summed E-state index contributed by atoms with van der Waals surface area (Å²) >= 11 is 0. The lowest BCUT2D eigenvalue weighted by atomic mass is 9.89. The first kappa shape index (κ1) is 24.4. The fourth-order valence-corrected chi connectivity index (χ4v) is 4.54. The molecule has 2 aliphatic heterocycles. The van der Waals surface area contributed by atoms with Gasteiger partial charge in [-0.3, -0.25) is 4.79 Å². The van der Waals surface area contributed by atoms with Gasteiger partial charge in [0.25, 0.3) is 5.91 Å². The minimum absolute atomic E-state index is 0. The molecule has 2 N–H and O–H groups in total. The van der Waals surface area contributed by atoms with Crippen LogP contribution in [0.1, 0.15) is 47.5 Å². The molecular weight excluding hydrogens is 419 g/mol. The minimum atomic E-state index is 0. The van der Waals surface area contributed by atoms with Gasteiger partial charge in [-0.2, -0.15) is 0 Å². The standard InChI is InChI=1S/C23H30N4O.2ClH/c24-14-20-16-27(17-21(20)18-8-4-3-5-9-18)23(28)19-10-11-22(25-15-19)26-12-6-1-2-7-13-26;;/h3-5,8-11,15,20-21H,1-2,6-7,12-14,16-17,24H2;2*1H/t20-,21+;;/m1../s1. The molecule has 2 fully saturated rings. The number of halogens is 2. The molecule has 0 bridgehead atoms. The first-order chi connectivity index (χ1) is 13.8. The number of anilines is 1. The lowest BCUT2D eigenvalue weighted by molar-refractivity contribution is 0.0786. The summed E-state index contributed by atoms with van der Waals surface area (Å²) in [6, 6.07) is 14.3. The summed E-state index contributed by atoms with van der Waals surface area (Å²) in [5, 5.41) is 0. The molecular formula is C23H32Cl2N4O. The van der Waals surface area contributed by atoms with Crippen LogP contribution in [0.3, 0.4) is 0 Å².